The molecule has 164 valence electrons. The standard InChI is InChI=1S/C23H32N2O5/c1-26-19-7-6-17(12-20(19)27-2)15-24-8-10-25(11-9-24)16-18-13-21(28-3)23(30-5)22(14-18)29-4/h6-7,12-14H,8-11,15-16H2,1-5H3. The highest BCUT2D eigenvalue weighted by molar-refractivity contribution is 5.53. The Hall–Kier alpha value is -2.64. The van der Waals surface area contributed by atoms with Crippen molar-refractivity contribution in [3.05, 3.63) is 41.5 Å². The summed E-state index contributed by atoms with van der Waals surface area (Å²) in [5.74, 6) is 3.55. The molecule has 0 bridgehead atoms. The molecule has 2 aromatic rings. The fraction of sp³-hybridized carbons (Fsp3) is 0.478. The highest BCUT2D eigenvalue weighted by atomic mass is 16.5. The molecule has 0 amide bonds. The number of piperazine rings is 1. The summed E-state index contributed by atoms with van der Waals surface area (Å²) in [5.41, 5.74) is 2.38. The second-order valence-corrected chi connectivity index (χ2v) is 7.28. The van der Waals surface area contributed by atoms with Gasteiger partial charge in [-0.15, -0.1) is 0 Å². The van der Waals surface area contributed by atoms with Gasteiger partial charge < -0.3 is 23.7 Å². The number of rotatable bonds is 9. The van der Waals surface area contributed by atoms with E-state index in [-0.39, 0.29) is 0 Å². The van der Waals surface area contributed by atoms with Gasteiger partial charge in [0.05, 0.1) is 35.5 Å². The maximum atomic E-state index is 5.48. The first-order chi connectivity index (χ1) is 14.6. The number of benzene rings is 2. The minimum absolute atomic E-state index is 0.628. The second-order valence-electron chi connectivity index (χ2n) is 7.28. The maximum Gasteiger partial charge on any atom is 0.203 e. The largest absolute Gasteiger partial charge is 0.493 e. The summed E-state index contributed by atoms with van der Waals surface area (Å²) in [7, 11) is 8.24. The van der Waals surface area contributed by atoms with Gasteiger partial charge in [-0.05, 0) is 35.4 Å². The second kappa shape index (κ2) is 10.4. The van der Waals surface area contributed by atoms with E-state index in [1.807, 2.05) is 18.2 Å². The van der Waals surface area contributed by atoms with Crippen molar-refractivity contribution in [2.24, 2.45) is 0 Å². The fourth-order valence-electron chi connectivity index (χ4n) is 3.83. The van der Waals surface area contributed by atoms with Crippen molar-refractivity contribution in [3.63, 3.8) is 0 Å². The van der Waals surface area contributed by atoms with Crippen molar-refractivity contribution < 1.29 is 23.7 Å². The maximum absolute atomic E-state index is 5.48. The Labute approximate surface area is 179 Å². The molecule has 0 aliphatic carbocycles. The van der Waals surface area contributed by atoms with Gasteiger partial charge in [0.1, 0.15) is 0 Å². The van der Waals surface area contributed by atoms with Crippen LogP contribution in [0.15, 0.2) is 30.3 Å². The molecule has 0 spiro atoms. The number of methoxy groups -OCH3 is 5. The molecule has 7 nitrogen and oxygen atoms in total. The lowest BCUT2D eigenvalue weighted by atomic mass is 10.1. The van der Waals surface area contributed by atoms with Gasteiger partial charge in [-0.1, -0.05) is 6.07 Å². The van der Waals surface area contributed by atoms with Crippen molar-refractivity contribution in [1.82, 2.24) is 9.80 Å². The Balaban J connectivity index is 1.58. The quantitative estimate of drug-likeness (QED) is 0.623. The molecule has 30 heavy (non-hydrogen) atoms. The predicted molar refractivity (Wildman–Crippen MR) is 116 cm³/mol. The predicted octanol–water partition coefficient (Wildman–Crippen LogP) is 3.05. The normalized spacial score (nSPS) is 15.0. The lowest BCUT2D eigenvalue weighted by Gasteiger charge is -2.35. The Bertz CT molecular complexity index is 809. The van der Waals surface area contributed by atoms with Crippen LogP contribution in [0.25, 0.3) is 0 Å². The number of hydrogen-bond acceptors (Lipinski definition) is 7. The lowest BCUT2D eigenvalue weighted by Crippen LogP contribution is -2.45. The van der Waals surface area contributed by atoms with E-state index in [1.165, 1.54) is 5.56 Å². The zero-order valence-corrected chi connectivity index (χ0v) is 18.6. The SMILES string of the molecule is COc1ccc(CN2CCN(Cc3cc(OC)c(OC)c(OC)c3)CC2)cc1OC. The molecule has 0 saturated carbocycles. The van der Waals surface area contributed by atoms with E-state index in [1.54, 1.807) is 35.5 Å². The molecule has 1 heterocycles. The summed E-state index contributed by atoms with van der Waals surface area (Å²) < 4.78 is 27.1. The van der Waals surface area contributed by atoms with Crippen LogP contribution in [0.2, 0.25) is 0 Å². The van der Waals surface area contributed by atoms with Crippen LogP contribution in [0, 0.1) is 0 Å². The molecule has 1 saturated heterocycles. The fourth-order valence-corrected chi connectivity index (χ4v) is 3.83. The van der Waals surface area contributed by atoms with E-state index < -0.39 is 0 Å². The van der Waals surface area contributed by atoms with E-state index in [4.69, 9.17) is 23.7 Å². The summed E-state index contributed by atoms with van der Waals surface area (Å²) in [6, 6.07) is 10.2. The van der Waals surface area contributed by atoms with Crippen LogP contribution < -0.4 is 23.7 Å². The zero-order chi connectivity index (χ0) is 21.5. The summed E-state index contributed by atoms with van der Waals surface area (Å²) in [5, 5.41) is 0. The average Bonchev–Trinajstić information content (AvgIpc) is 2.79. The van der Waals surface area contributed by atoms with Gasteiger partial charge >= 0.3 is 0 Å². The van der Waals surface area contributed by atoms with Crippen molar-refractivity contribution in [2.75, 3.05) is 61.7 Å². The van der Waals surface area contributed by atoms with Crippen molar-refractivity contribution in [3.8, 4) is 28.7 Å². The molecular formula is C23H32N2O5. The molecule has 7 heteroatoms. The minimum atomic E-state index is 0.628. The van der Waals surface area contributed by atoms with Crippen LogP contribution in [-0.2, 0) is 13.1 Å². The van der Waals surface area contributed by atoms with Crippen LogP contribution in [0.3, 0.4) is 0 Å². The first kappa shape index (κ1) is 22.1. The van der Waals surface area contributed by atoms with Gasteiger partial charge in [0.15, 0.2) is 23.0 Å². The first-order valence-corrected chi connectivity index (χ1v) is 10.1. The van der Waals surface area contributed by atoms with Crippen LogP contribution in [0.4, 0.5) is 0 Å². The van der Waals surface area contributed by atoms with Gasteiger partial charge in [0.25, 0.3) is 0 Å². The summed E-state index contributed by atoms with van der Waals surface area (Å²) in [6.45, 7) is 5.78. The highest BCUT2D eigenvalue weighted by Gasteiger charge is 2.20. The van der Waals surface area contributed by atoms with Crippen LogP contribution in [0.1, 0.15) is 11.1 Å². The van der Waals surface area contributed by atoms with Gasteiger partial charge in [0, 0.05) is 39.3 Å². The number of nitrogens with zero attached hydrogens (tertiary/aromatic N) is 2. The van der Waals surface area contributed by atoms with Crippen LogP contribution in [0.5, 0.6) is 28.7 Å². The molecule has 0 N–H and O–H groups in total. The van der Waals surface area contributed by atoms with E-state index in [2.05, 4.69) is 21.9 Å². The summed E-state index contributed by atoms with van der Waals surface area (Å²) in [4.78, 5) is 4.92. The smallest absolute Gasteiger partial charge is 0.203 e. The Morgan fingerprint density at radius 2 is 1.03 bits per heavy atom. The number of hydrogen-bond donors (Lipinski definition) is 0. The highest BCUT2D eigenvalue weighted by Crippen LogP contribution is 2.38. The molecule has 0 atom stereocenters. The molecular weight excluding hydrogens is 384 g/mol. The Kier molecular flexibility index (Phi) is 7.65. The van der Waals surface area contributed by atoms with Crippen molar-refractivity contribution >= 4 is 0 Å². The molecule has 0 unspecified atom stereocenters. The summed E-state index contributed by atoms with van der Waals surface area (Å²) in [6.07, 6.45) is 0. The van der Waals surface area contributed by atoms with E-state index in [9.17, 15) is 0 Å². The molecule has 1 aliphatic heterocycles. The third-order valence-electron chi connectivity index (χ3n) is 5.45. The third-order valence-corrected chi connectivity index (χ3v) is 5.45. The monoisotopic (exact) mass is 416 g/mol. The number of ether oxygens (including phenoxy) is 5. The average molecular weight is 417 g/mol. The minimum Gasteiger partial charge on any atom is -0.493 e. The molecule has 3 rings (SSSR count). The zero-order valence-electron chi connectivity index (χ0n) is 18.6. The van der Waals surface area contributed by atoms with Gasteiger partial charge in [-0.25, -0.2) is 0 Å². The van der Waals surface area contributed by atoms with E-state index >= 15 is 0 Å². The Morgan fingerprint density at radius 3 is 1.50 bits per heavy atom. The molecule has 0 aromatic heterocycles. The molecule has 2 aromatic carbocycles. The third kappa shape index (κ3) is 5.09. The van der Waals surface area contributed by atoms with E-state index in [0.29, 0.717) is 17.2 Å². The van der Waals surface area contributed by atoms with Crippen molar-refractivity contribution in [2.45, 2.75) is 13.1 Å². The van der Waals surface area contributed by atoms with Crippen molar-refractivity contribution in [1.29, 1.82) is 0 Å². The molecule has 1 fully saturated rings. The van der Waals surface area contributed by atoms with Gasteiger partial charge in [-0.2, -0.15) is 0 Å². The topological polar surface area (TPSA) is 52.6 Å². The van der Waals surface area contributed by atoms with E-state index in [0.717, 1.165) is 56.3 Å². The van der Waals surface area contributed by atoms with Gasteiger partial charge in [-0.3, -0.25) is 9.80 Å². The first-order valence-electron chi connectivity index (χ1n) is 10.1. The molecule has 0 radical (unpaired) electrons. The van der Waals surface area contributed by atoms with Crippen LogP contribution >= 0.6 is 0 Å². The summed E-state index contributed by atoms with van der Waals surface area (Å²) >= 11 is 0. The van der Waals surface area contributed by atoms with Gasteiger partial charge in [0.2, 0.25) is 5.75 Å². The lowest BCUT2D eigenvalue weighted by molar-refractivity contribution is 0.122. The molecule has 1 aliphatic rings. The van der Waals surface area contributed by atoms with Crippen LogP contribution in [-0.4, -0.2) is 71.5 Å². The Morgan fingerprint density at radius 1 is 0.567 bits per heavy atom.